The molecular weight excluding hydrogens is 220 g/mol. The van der Waals surface area contributed by atoms with Crippen LogP contribution in [0.2, 0.25) is 0 Å². The number of rotatable bonds is 11. The van der Waals surface area contributed by atoms with Crippen LogP contribution in [0.3, 0.4) is 0 Å². The Balaban J connectivity index is 4.40. The maximum atomic E-state index is 3.60. The molecule has 0 aromatic carbocycles. The maximum absolute atomic E-state index is 3.60. The Morgan fingerprint density at radius 3 is 2.00 bits per heavy atom. The number of nitrogens with zero attached hydrogens (tertiary/aromatic N) is 1. The highest BCUT2D eigenvalue weighted by Crippen LogP contribution is 2.16. The van der Waals surface area contributed by atoms with Gasteiger partial charge in [-0.05, 0) is 31.3 Å². The highest BCUT2D eigenvalue weighted by atomic mass is 15.2. The Morgan fingerprint density at radius 1 is 1.00 bits per heavy atom. The highest BCUT2D eigenvalue weighted by Gasteiger charge is 2.22. The van der Waals surface area contributed by atoms with E-state index >= 15 is 0 Å². The lowest BCUT2D eigenvalue weighted by Crippen LogP contribution is -2.47. The van der Waals surface area contributed by atoms with Gasteiger partial charge in [-0.25, -0.2) is 0 Å². The summed E-state index contributed by atoms with van der Waals surface area (Å²) in [6, 6.07) is 0.683. The molecule has 0 aliphatic heterocycles. The first-order chi connectivity index (χ1) is 8.60. The summed E-state index contributed by atoms with van der Waals surface area (Å²) in [6.45, 7) is 18.6. The Kier molecular flexibility index (Phi) is 10.8. The second-order valence-electron chi connectivity index (χ2n) is 5.79. The van der Waals surface area contributed by atoms with E-state index in [0.717, 1.165) is 24.9 Å². The van der Waals surface area contributed by atoms with Crippen molar-refractivity contribution >= 4 is 0 Å². The zero-order chi connectivity index (χ0) is 14.0. The zero-order valence-corrected chi connectivity index (χ0v) is 13.6. The zero-order valence-electron chi connectivity index (χ0n) is 13.6. The van der Waals surface area contributed by atoms with E-state index in [-0.39, 0.29) is 0 Å². The van der Waals surface area contributed by atoms with Crippen LogP contribution in [0.4, 0.5) is 0 Å². The van der Waals surface area contributed by atoms with Crippen molar-refractivity contribution in [2.24, 2.45) is 11.8 Å². The fourth-order valence-corrected chi connectivity index (χ4v) is 2.59. The topological polar surface area (TPSA) is 15.3 Å². The second kappa shape index (κ2) is 10.8. The van der Waals surface area contributed by atoms with Gasteiger partial charge in [-0.3, -0.25) is 4.90 Å². The summed E-state index contributed by atoms with van der Waals surface area (Å²) in [5.74, 6) is 1.58. The quantitative estimate of drug-likeness (QED) is 0.566. The molecule has 0 aromatic heterocycles. The summed E-state index contributed by atoms with van der Waals surface area (Å²) >= 11 is 0. The van der Waals surface area contributed by atoms with E-state index in [0.29, 0.717) is 6.04 Å². The molecule has 1 unspecified atom stereocenters. The van der Waals surface area contributed by atoms with Crippen LogP contribution in [0.15, 0.2) is 0 Å². The summed E-state index contributed by atoms with van der Waals surface area (Å²) in [7, 11) is 0. The van der Waals surface area contributed by atoms with E-state index < -0.39 is 0 Å². The number of hydrogen-bond donors (Lipinski definition) is 1. The standard InChI is InChI=1S/C16H36N2/c1-7-11-17-12-16(14(5)6)18(10-4)13-15(8-2)9-3/h14-17H,7-13H2,1-6H3. The van der Waals surface area contributed by atoms with Gasteiger partial charge in [0, 0.05) is 19.1 Å². The number of nitrogens with one attached hydrogen (secondary N) is 1. The van der Waals surface area contributed by atoms with Gasteiger partial charge < -0.3 is 5.32 Å². The average molecular weight is 256 g/mol. The van der Waals surface area contributed by atoms with Crippen molar-refractivity contribution in [1.82, 2.24) is 10.2 Å². The molecule has 0 saturated heterocycles. The third-order valence-corrected chi connectivity index (χ3v) is 4.07. The van der Waals surface area contributed by atoms with Crippen molar-refractivity contribution in [3.63, 3.8) is 0 Å². The maximum Gasteiger partial charge on any atom is 0.0243 e. The minimum Gasteiger partial charge on any atom is -0.315 e. The highest BCUT2D eigenvalue weighted by molar-refractivity contribution is 4.78. The molecule has 1 atom stereocenters. The van der Waals surface area contributed by atoms with Crippen LogP contribution < -0.4 is 5.32 Å². The lowest BCUT2D eigenvalue weighted by atomic mass is 9.97. The normalized spacial score (nSPS) is 13.8. The summed E-state index contributed by atoms with van der Waals surface area (Å²) in [5.41, 5.74) is 0. The minimum atomic E-state index is 0.683. The molecule has 0 heterocycles. The molecular formula is C16H36N2. The molecule has 0 aromatic rings. The van der Waals surface area contributed by atoms with Crippen LogP contribution in [-0.2, 0) is 0 Å². The lowest BCUT2D eigenvalue weighted by molar-refractivity contribution is 0.132. The van der Waals surface area contributed by atoms with Crippen LogP contribution in [0.25, 0.3) is 0 Å². The van der Waals surface area contributed by atoms with Gasteiger partial charge in [0.1, 0.15) is 0 Å². The van der Waals surface area contributed by atoms with E-state index in [9.17, 15) is 0 Å². The van der Waals surface area contributed by atoms with E-state index in [1.165, 1.54) is 32.4 Å². The van der Waals surface area contributed by atoms with Crippen LogP contribution in [0.1, 0.15) is 60.8 Å². The van der Waals surface area contributed by atoms with E-state index in [4.69, 9.17) is 0 Å². The molecule has 0 radical (unpaired) electrons. The summed E-state index contributed by atoms with van der Waals surface area (Å²) in [5, 5.41) is 3.60. The molecule has 0 fully saturated rings. The van der Waals surface area contributed by atoms with Crippen LogP contribution in [0.5, 0.6) is 0 Å². The molecule has 0 rings (SSSR count). The molecule has 0 spiro atoms. The Hall–Kier alpha value is -0.0800. The molecule has 0 saturated carbocycles. The molecule has 2 nitrogen and oxygen atoms in total. The van der Waals surface area contributed by atoms with E-state index in [1.54, 1.807) is 0 Å². The van der Waals surface area contributed by atoms with Crippen molar-refractivity contribution in [2.45, 2.75) is 66.8 Å². The predicted octanol–water partition coefficient (Wildman–Crippen LogP) is 3.77. The van der Waals surface area contributed by atoms with Crippen molar-refractivity contribution in [1.29, 1.82) is 0 Å². The molecule has 110 valence electrons. The van der Waals surface area contributed by atoms with Gasteiger partial charge in [0.25, 0.3) is 0 Å². The van der Waals surface area contributed by atoms with Gasteiger partial charge in [0.15, 0.2) is 0 Å². The molecule has 0 bridgehead atoms. The van der Waals surface area contributed by atoms with Crippen LogP contribution in [0, 0.1) is 11.8 Å². The van der Waals surface area contributed by atoms with Crippen molar-refractivity contribution in [3.8, 4) is 0 Å². The smallest absolute Gasteiger partial charge is 0.0243 e. The van der Waals surface area contributed by atoms with Gasteiger partial charge in [0.05, 0.1) is 0 Å². The van der Waals surface area contributed by atoms with Crippen LogP contribution >= 0.6 is 0 Å². The first-order valence-corrected chi connectivity index (χ1v) is 8.05. The van der Waals surface area contributed by atoms with Crippen molar-refractivity contribution in [2.75, 3.05) is 26.2 Å². The van der Waals surface area contributed by atoms with E-state index in [1.807, 2.05) is 0 Å². The number of likely N-dealkylation sites (N-methyl/N-ethyl adjacent to an activating group) is 1. The van der Waals surface area contributed by atoms with Gasteiger partial charge in [0.2, 0.25) is 0 Å². The second-order valence-corrected chi connectivity index (χ2v) is 5.79. The fourth-order valence-electron chi connectivity index (χ4n) is 2.59. The first kappa shape index (κ1) is 17.9. The van der Waals surface area contributed by atoms with Gasteiger partial charge in [-0.2, -0.15) is 0 Å². The van der Waals surface area contributed by atoms with E-state index in [2.05, 4.69) is 51.8 Å². The Bertz CT molecular complexity index is 176. The third kappa shape index (κ3) is 6.75. The van der Waals surface area contributed by atoms with Gasteiger partial charge in [-0.1, -0.05) is 54.4 Å². The molecule has 1 N–H and O–H groups in total. The minimum absolute atomic E-state index is 0.683. The Labute approximate surface area is 116 Å². The first-order valence-electron chi connectivity index (χ1n) is 8.05. The summed E-state index contributed by atoms with van der Waals surface area (Å²) < 4.78 is 0. The largest absolute Gasteiger partial charge is 0.315 e. The number of hydrogen-bond acceptors (Lipinski definition) is 2. The summed E-state index contributed by atoms with van der Waals surface area (Å²) in [4.78, 5) is 2.69. The van der Waals surface area contributed by atoms with Crippen LogP contribution in [-0.4, -0.2) is 37.1 Å². The SMILES string of the molecule is CCCNCC(C(C)C)N(CC)CC(CC)CC. The Morgan fingerprint density at radius 2 is 1.61 bits per heavy atom. The molecule has 2 heteroatoms. The lowest BCUT2D eigenvalue weighted by Gasteiger charge is -2.36. The van der Waals surface area contributed by atoms with Crippen molar-refractivity contribution < 1.29 is 0 Å². The molecule has 0 aliphatic carbocycles. The van der Waals surface area contributed by atoms with Gasteiger partial charge >= 0.3 is 0 Å². The fraction of sp³-hybridized carbons (Fsp3) is 1.00. The average Bonchev–Trinajstić information content (AvgIpc) is 2.37. The predicted molar refractivity (Wildman–Crippen MR) is 83.1 cm³/mol. The third-order valence-electron chi connectivity index (χ3n) is 4.07. The summed E-state index contributed by atoms with van der Waals surface area (Å²) in [6.07, 6.45) is 3.84. The molecule has 0 aliphatic rings. The molecule has 18 heavy (non-hydrogen) atoms. The molecule has 0 amide bonds. The monoisotopic (exact) mass is 256 g/mol. The van der Waals surface area contributed by atoms with Gasteiger partial charge in [-0.15, -0.1) is 0 Å². The van der Waals surface area contributed by atoms with Crippen molar-refractivity contribution in [3.05, 3.63) is 0 Å².